The van der Waals surface area contributed by atoms with Gasteiger partial charge in [-0.05, 0) is 25.0 Å². The summed E-state index contributed by atoms with van der Waals surface area (Å²) in [7, 11) is 2.80. The standard InChI is InChI=1S/C21H23N5O4/c1-23-18(28)21(19(29)24(2)20(23)30)12-13-16(25-10-6-3-4-8-14(21)25)22-15-9-5-7-11-26(15)17(13)27/h5,7,9,11,14H,3-4,6,8,10,12H2,1-2H3/t14-/m0/s1. The van der Waals surface area contributed by atoms with E-state index in [1.54, 1.807) is 18.3 Å². The van der Waals surface area contributed by atoms with Gasteiger partial charge < -0.3 is 4.90 Å². The van der Waals surface area contributed by atoms with Crippen molar-refractivity contribution in [2.75, 3.05) is 25.5 Å². The van der Waals surface area contributed by atoms with Crippen LogP contribution in [0.5, 0.6) is 0 Å². The molecule has 0 radical (unpaired) electrons. The zero-order valence-corrected chi connectivity index (χ0v) is 17.0. The Kier molecular flexibility index (Phi) is 4.00. The van der Waals surface area contributed by atoms with Crippen molar-refractivity contribution in [2.24, 2.45) is 5.41 Å². The highest BCUT2D eigenvalue weighted by atomic mass is 16.2. The summed E-state index contributed by atoms with van der Waals surface area (Å²) < 4.78 is 1.45. The molecule has 0 aliphatic carbocycles. The minimum atomic E-state index is -1.50. The molecule has 1 atom stereocenters. The first-order valence-corrected chi connectivity index (χ1v) is 10.2. The zero-order chi connectivity index (χ0) is 21.2. The van der Waals surface area contributed by atoms with E-state index >= 15 is 0 Å². The summed E-state index contributed by atoms with van der Waals surface area (Å²) in [6.07, 6.45) is 4.94. The van der Waals surface area contributed by atoms with Gasteiger partial charge in [0.25, 0.3) is 5.56 Å². The van der Waals surface area contributed by atoms with Crippen LogP contribution in [-0.2, 0) is 16.0 Å². The number of carbonyl (C=O) groups is 3. The molecule has 9 heteroatoms. The van der Waals surface area contributed by atoms with Gasteiger partial charge >= 0.3 is 6.03 Å². The van der Waals surface area contributed by atoms with E-state index in [0.717, 1.165) is 29.1 Å². The second-order valence-corrected chi connectivity index (χ2v) is 8.37. The summed E-state index contributed by atoms with van der Waals surface area (Å²) in [6, 6.07) is 4.25. The Bertz CT molecular complexity index is 1130. The molecule has 9 nitrogen and oxygen atoms in total. The van der Waals surface area contributed by atoms with E-state index in [2.05, 4.69) is 0 Å². The number of hydrogen-bond donors (Lipinski definition) is 0. The number of nitrogens with zero attached hydrogens (tertiary/aromatic N) is 5. The van der Waals surface area contributed by atoms with Gasteiger partial charge in [-0.2, -0.15) is 0 Å². The molecule has 2 aromatic heterocycles. The van der Waals surface area contributed by atoms with E-state index in [9.17, 15) is 19.2 Å². The highest BCUT2D eigenvalue weighted by Crippen LogP contribution is 2.46. The summed E-state index contributed by atoms with van der Waals surface area (Å²) in [6.45, 7) is 0.608. The van der Waals surface area contributed by atoms with Gasteiger partial charge in [0.15, 0.2) is 5.41 Å². The van der Waals surface area contributed by atoms with Gasteiger partial charge in [0, 0.05) is 33.3 Å². The van der Waals surface area contributed by atoms with Crippen molar-refractivity contribution < 1.29 is 14.4 Å². The maximum atomic E-state index is 13.5. The lowest BCUT2D eigenvalue weighted by atomic mass is 9.67. The first-order chi connectivity index (χ1) is 14.4. The highest BCUT2D eigenvalue weighted by molar-refractivity contribution is 6.20. The van der Waals surface area contributed by atoms with E-state index in [0.29, 0.717) is 30.0 Å². The van der Waals surface area contributed by atoms with Crippen molar-refractivity contribution in [1.29, 1.82) is 0 Å². The van der Waals surface area contributed by atoms with Gasteiger partial charge in [-0.3, -0.25) is 28.6 Å². The van der Waals surface area contributed by atoms with Crippen LogP contribution in [0.1, 0.15) is 31.2 Å². The SMILES string of the molecule is CN1C(=O)N(C)C(=O)C2(Cc3c(nc4ccccn4c3=O)N3CCCCC[C@H]32)C1=O. The van der Waals surface area contributed by atoms with Crippen LogP contribution in [0.25, 0.3) is 5.65 Å². The van der Waals surface area contributed by atoms with Crippen LogP contribution < -0.4 is 10.5 Å². The summed E-state index contributed by atoms with van der Waals surface area (Å²) in [5.74, 6) is -0.502. The van der Waals surface area contributed by atoms with Crippen LogP contribution >= 0.6 is 0 Å². The number of carbonyl (C=O) groups excluding carboxylic acids is 3. The highest BCUT2D eigenvalue weighted by Gasteiger charge is 2.63. The van der Waals surface area contributed by atoms with Crippen molar-refractivity contribution in [3.05, 3.63) is 40.3 Å². The van der Waals surface area contributed by atoms with Crippen molar-refractivity contribution in [2.45, 2.75) is 38.1 Å². The van der Waals surface area contributed by atoms with Crippen molar-refractivity contribution in [3.63, 3.8) is 0 Å². The molecule has 2 aromatic rings. The third kappa shape index (κ3) is 2.26. The van der Waals surface area contributed by atoms with Crippen LogP contribution in [0.3, 0.4) is 0 Å². The summed E-state index contributed by atoms with van der Waals surface area (Å²) >= 11 is 0. The molecule has 1 spiro atoms. The number of rotatable bonds is 0. The van der Waals surface area contributed by atoms with E-state index in [1.807, 2.05) is 11.0 Å². The van der Waals surface area contributed by atoms with Gasteiger partial charge in [0.2, 0.25) is 11.8 Å². The normalized spacial score (nSPS) is 23.6. The van der Waals surface area contributed by atoms with Gasteiger partial charge in [-0.25, -0.2) is 9.78 Å². The van der Waals surface area contributed by atoms with Crippen molar-refractivity contribution in [3.8, 4) is 0 Å². The van der Waals surface area contributed by atoms with E-state index in [-0.39, 0.29) is 12.0 Å². The number of urea groups is 1. The molecular weight excluding hydrogens is 386 g/mol. The lowest BCUT2D eigenvalue weighted by Gasteiger charge is -2.51. The average Bonchev–Trinajstić information content (AvgIpc) is 3.02. The molecule has 3 aliphatic heterocycles. The number of barbiturate groups is 1. The smallest absolute Gasteiger partial charge is 0.332 e. The Labute approximate surface area is 172 Å². The third-order valence-corrected chi connectivity index (χ3v) is 6.80. The molecule has 0 aromatic carbocycles. The molecular formula is C21H23N5O4. The van der Waals surface area contributed by atoms with Gasteiger partial charge in [0.1, 0.15) is 11.5 Å². The maximum Gasteiger partial charge on any atom is 0.332 e. The molecule has 0 N–H and O–H groups in total. The molecule has 2 saturated heterocycles. The molecule has 5 heterocycles. The van der Waals surface area contributed by atoms with Crippen molar-refractivity contribution >= 4 is 29.3 Å². The molecule has 5 rings (SSSR count). The van der Waals surface area contributed by atoms with Crippen LogP contribution in [0.4, 0.5) is 10.6 Å². The number of amides is 4. The Balaban J connectivity index is 1.80. The fourth-order valence-electron chi connectivity index (χ4n) is 5.30. The minimum absolute atomic E-state index is 0.0488. The van der Waals surface area contributed by atoms with Gasteiger partial charge in [-0.15, -0.1) is 0 Å². The topological polar surface area (TPSA) is 95.3 Å². The Hall–Kier alpha value is -3.23. The van der Waals surface area contributed by atoms with Gasteiger partial charge in [0.05, 0.1) is 11.6 Å². The van der Waals surface area contributed by atoms with Crippen LogP contribution in [0, 0.1) is 5.41 Å². The molecule has 3 aliphatic rings. The molecule has 4 amide bonds. The summed E-state index contributed by atoms with van der Waals surface area (Å²) in [5.41, 5.74) is -0.889. The first kappa shape index (κ1) is 18.8. The molecule has 2 fully saturated rings. The lowest BCUT2D eigenvalue weighted by Crippen LogP contribution is -2.71. The number of hydrogen-bond acceptors (Lipinski definition) is 6. The van der Waals surface area contributed by atoms with Crippen LogP contribution in [0.2, 0.25) is 0 Å². The van der Waals surface area contributed by atoms with E-state index in [1.165, 1.54) is 18.5 Å². The fraction of sp³-hybridized carbons (Fsp3) is 0.476. The molecule has 30 heavy (non-hydrogen) atoms. The van der Waals surface area contributed by atoms with Crippen LogP contribution in [-0.4, -0.2) is 63.7 Å². The Morgan fingerprint density at radius 1 is 1.00 bits per heavy atom. The Morgan fingerprint density at radius 2 is 1.73 bits per heavy atom. The maximum absolute atomic E-state index is 13.5. The van der Waals surface area contributed by atoms with Gasteiger partial charge in [-0.1, -0.05) is 18.9 Å². The van der Waals surface area contributed by atoms with Crippen molar-refractivity contribution in [1.82, 2.24) is 19.2 Å². The van der Waals surface area contributed by atoms with Crippen LogP contribution in [0.15, 0.2) is 29.2 Å². The largest absolute Gasteiger partial charge is 0.352 e. The molecule has 156 valence electrons. The molecule has 0 saturated carbocycles. The average molecular weight is 409 g/mol. The second kappa shape index (κ2) is 6.38. The summed E-state index contributed by atoms with van der Waals surface area (Å²) in [4.78, 5) is 61.6. The quantitative estimate of drug-likeness (QED) is 0.604. The predicted molar refractivity (Wildman–Crippen MR) is 108 cm³/mol. The Morgan fingerprint density at radius 3 is 2.47 bits per heavy atom. The second-order valence-electron chi connectivity index (χ2n) is 8.37. The first-order valence-electron chi connectivity index (χ1n) is 10.2. The fourth-order valence-corrected chi connectivity index (χ4v) is 5.30. The molecule has 0 bridgehead atoms. The lowest BCUT2D eigenvalue weighted by molar-refractivity contribution is -0.159. The zero-order valence-electron chi connectivity index (χ0n) is 17.0. The predicted octanol–water partition coefficient (Wildman–Crippen LogP) is 1.04. The summed E-state index contributed by atoms with van der Waals surface area (Å²) in [5, 5.41) is 0. The number of aromatic nitrogens is 2. The monoisotopic (exact) mass is 409 g/mol. The number of anilines is 1. The number of imide groups is 2. The number of pyridine rings is 1. The molecule has 0 unspecified atom stereocenters. The number of fused-ring (bicyclic) bond motifs is 5. The third-order valence-electron chi connectivity index (χ3n) is 6.80. The van der Waals surface area contributed by atoms with E-state index < -0.39 is 29.3 Å². The van der Waals surface area contributed by atoms with E-state index in [4.69, 9.17) is 4.98 Å². The minimum Gasteiger partial charge on any atom is -0.352 e.